The van der Waals surface area contributed by atoms with Gasteiger partial charge in [-0.15, -0.1) is 0 Å². The highest BCUT2D eigenvalue weighted by atomic mass is 16.5. The van der Waals surface area contributed by atoms with E-state index in [4.69, 9.17) is 14.2 Å². The molecule has 2 N–H and O–H groups in total. The minimum absolute atomic E-state index is 0.287. The van der Waals surface area contributed by atoms with Crippen LogP contribution in [0.2, 0.25) is 0 Å². The van der Waals surface area contributed by atoms with Crippen molar-refractivity contribution >= 4 is 0 Å². The van der Waals surface area contributed by atoms with Gasteiger partial charge < -0.3 is 24.6 Å². The summed E-state index contributed by atoms with van der Waals surface area (Å²) in [6, 6.07) is 10.3. The van der Waals surface area contributed by atoms with Crippen molar-refractivity contribution in [1.82, 2.24) is 5.32 Å². The summed E-state index contributed by atoms with van der Waals surface area (Å²) < 4.78 is 15.5. The minimum atomic E-state index is -0.570. The molecule has 5 heteroatoms. The summed E-state index contributed by atoms with van der Waals surface area (Å²) in [4.78, 5) is 0. The van der Waals surface area contributed by atoms with Gasteiger partial charge in [-0.05, 0) is 18.5 Å². The zero-order valence-electron chi connectivity index (χ0n) is 12.8. The lowest BCUT2D eigenvalue weighted by Crippen LogP contribution is -2.24. The first-order valence-electron chi connectivity index (χ1n) is 7.40. The van der Waals surface area contributed by atoms with Crippen LogP contribution in [-0.2, 0) is 20.8 Å². The number of benzene rings is 1. The molecule has 120 valence electrons. The van der Waals surface area contributed by atoms with Gasteiger partial charge in [0.25, 0.3) is 0 Å². The van der Waals surface area contributed by atoms with Crippen LogP contribution in [0.1, 0.15) is 12.0 Å². The van der Waals surface area contributed by atoms with Crippen LogP contribution in [0.5, 0.6) is 0 Å². The highest BCUT2D eigenvalue weighted by molar-refractivity contribution is 5.14. The third-order valence-corrected chi connectivity index (χ3v) is 2.87. The van der Waals surface area contributed by atoms with Crippen molar-refractivity contribution in [1.29, 1.82) is 0 Å². The van der Waals surface area contributed by atoms with Crippen LogP contribution < -0.4 is 5.32 Å². The van der Waals surface area contributed by atoms with E-state index in [9.17, 15) is 5.11 Å². The van der Waals surface area contributed by atoms with Gasteiger partial charge in [0.1, 0.15) is 6.10 Å². The number of aliphatic hydroxyl groups excluding tert-OH is 1. The van der Waals surface area contributed by atoms with Crippen LogP contribution in [0.25, 0.3) is 0 Å². The molecule has 0 heterocycles. The molecule has 0 saturated carbocycles. The van der Waals surface area contributed by atoms with Gasteiger partial charge in [0.05, 0.1) is 26.4 Å². The summed E-state index contributed by atoms with van der Waals surface area (Å²) >= 11 is 0. The predicted molar refractivity (Wildman–Crippen MR) is 82.3 cm³/mol. The summed E-state index contributed by atoms with van der Waals surface area (Å²) in [6.07, 6.45) is 0.350. The van der Waals surface area contributed by atoms with Gasteiger partial charge in [0.15, 0.2) is 0 Å². The first kappa shape index (κ1) is 18.1. The zero-order chi connectivity index (χ0) is 15.2. The van der Waals surface area contributed by atoms with Crippen LogP contribution >= 0.6 is 0 Å². The van der Waals surface area contributed by atoms with Crippen LogP contribution in [0, 0.1) is 0 Å². The maximum absolute atomic E-state index is 9.59. The van der Waals surface area contributed by atoms with E-state index in [-0.39, 0.29) is 6.61 Å². The smallest absolute Gasteiger partial charge is 0.101 e. The molecule has 5 nitrogen and oxygen atoms in total. The topological polar surface area (TPSA) is 60.0 Å². The molecule has 0 spiro atoms. The average Bonchev–Trinajstić information content (AvgIpc) is 2.51. The normalized spacial score (nSPS) is 12.5. The van der Waals surface area contributed by atoms with Crippen molar-refractivity contribution in [2.75, 3.05) is 46.7 Å². The van der Waals surface area contributed by atoms with Gasteiger partial charge in [0.2, 0.25) is 0 Å². The molecule has 1 unspecified atom stereocenters. The summed E-state index contributed by atoms with van der Waals surface area (Å²) in [5.74, 6) is 0. The zero-order valence-corrected chi connectivity index (χ0v) is 12.8. The molecule has 0 saturated heterocycles. The Balaban J connectivity index is 1.86. The van der Waals surface area contributed by atoms with Crippen LogP contribution in [0.15, 0.2) is 30.3 Å². The van der Waals surface area contributed by atoms with E-state index in [2.05, 4.69) is 17.4 Å². The van der Waals surface area contributed by atoms with Gasteiger partial charge in [0, 0.05) is 20.3 Å². The monoisotopic (exact) mass is 297 g/mol. The molecule has 0 bridgehead atoms. The van der Waals surface area contributed by atoms with Gasteiger partial charge in [-0.2, -0.15) is 0 Å². The van der Waals surface area contributed by atoms with E-state index >= 15 is 0 Å². The van der Waals surface area contributed by atoms with Gasteiger partial charge in [-0.25, -0.2) is 0 Å². The van der Waals surface area contributed by atoms with Crippen molar-refractivity contribution in [2.24, 2.45) is 0 Å². The van der Waals surface area contributed by atoms with Gasteiger partial charge in [-0.3, -0.25) is 0 Å². The van der Waals surface area contributed by atoms with Gasteiger partial charge in [-0.1, -0.05) is 30.3 Å². The maximum Gasteiger partial charge on any atom is 0.101 e. The minimum Gasteiger partial charge on any atom is -0.388 e. The Morgan fingerprint density at radius 1 is 1.05 bits per heavy atom. The largest absolute Gasteiger partial charge is 0.388 e. The molecule has 0 fully saturated rings. The van der Waals surface area contributed by atoms with E-state index in [0.717, 1.165) is 19.5 Å². The molecule has 0 radical (unpaired) electrons. The molecule has 21 heavy (non-hydrogen) atoms. The molecule has 0 aliphatic heterocycles. The Hall–Kier alpha value is -0.980. The summed E-state index contributed by atoms with van der Waals surface area (Å²) in [7, 11) is 1.62. The lowest BCUT2D eigenvalue weighted by molar-refractivity contribution is -0.0284. The van der Waals surface area contributed by atoms with E-state index in [0.29, 0.717) is 26.4 Å². The van der Waals surface area contributed by atoms with E-state index in [1.54, 1.807) is 7.11 Å². The van der Waals surface area contributed by atoms with E-state index in [1.807, 2.05) is 18.2 Å². The molecule has 1 atom stereocenters. The van der Waals surface area contributed by atoms with Gasteiger partial charge >= 0.3 is 0 Å². The lowest BCUT2D eigenvalue weighted by Gasteiger charge is -2.12. The Labute approximate surface area is 127 Å². The second kappa shape index (κ2) is 12.7. The molecular weight excluding hydrogens is 270 g/mol. The molecule has 0 aromatic heterocycles. The number of hydrogen-bond donors (Lipinski definition) is 2. The number of ether oxygens (including phenoxy) is 3. The maximum atomic E-state index is 9.59. The van der Waals surface area contributed by atoms with Crippen LogP contribution in [-0.4, -0.2) is 57.9 Å². The number of hydrogen-bond acceptors (Lipinski definition) is 5. The fraction of sp³-hybridized carbons (Fsp3) is 0.625. The fourth-order valence-electron chi connectivity index (χ4n) is 1.76. The Morgan fingerprint density at radius 2 is 1.76 bits per heavy atom. The molecule has 0 aliphatic rings. The third-order valence-electron chi connectivity index (χ3n) is 2.87. The van der Waals surface area contributed by atoms with Crippen molar-refractivity contribution in [3.8, 4) is 0 Å². The third kappa shape index (κ3) is 10.4. The summed E-state index contributed by atoms with van der Waals surface area (Å²) in [5.41, 5.74) is 1.28. The van der Waals surface area contributed by atoms with Crippen molar-refractivity contribution < 1.29 is 19.3 Å². The molecule has 1 aromatic rings. The quantitative estimate of drug-likeness (QED) is 0.536. The van der Waals surface area contributed by atoms with Crippen LogP contribution in [0.3, 0.4) is 0 Å². The Morgan fingerprint density at radius 3 is 2.48 bits per heavy atom. The molecule has 1 rings (SSSR count). The highest BCUT2D eigenvalue weighted by Crippen LogP contribution is 1.97. The molecule has 1 aromatic carbocycles. The number of nitrogens with one attached hydrogen (secondary N) is 1. The fourth-order valence-corrected chi connectivity index (χ4v) is 1.76. The highest BCUT2D eigenvalue weighted by Gasteiger charge is 2.03. The standard InChI is InChI=1S/C16H27NO4/c1-19-10-11-21-14-16(18)13-20-9-5-8-17-12-15-6-3-2-4-7-15/h2-4,6-7,16-18H,5,8-14H2,1H3. The Bertz CT molecular complexity index is 334. The van der Waals surface area contributed by atoms with Crippen molar-refractivity contribution in [2.45, 2.75) is 19.1 Å². The van der Waals surface area contributed by atoms with Crippen LogP contribution in [0.4, 0.5) is 0 Å². The van der Waals surface area contributed by atoms with Crippen molar-refractivity contribution in [3.63, 3.8) is 0 Å². The summed E-state index contributed by atoms with van der Waals surface area (Å²) in [5, 5.41) is 13.0. The molecule has 0 aliphatic carbocycles. The number of methoxy groups -OCH3 is 1. The Kier molecular flexibility index (Phi) is 11.0. The SMILES string of the molecule is COCCOCC(O)COCCCNCc1ccccc1. The van der Waals surface area contributed by atoms with E-state index < -0.39 is 6.10 Å². The van der Waals surface area contributed by atoms with Crippen molar-refractivity contribution in [3.05, 3.63) is 35.9 Å². The second-order valence-corrected chi connectivity index (χ2v) is 4.81. The number of rotatable bonds is 13. The predicted octanol–water partition coefficient (Wildman–Crippen LogP) is 1.21. The first-order valence-corrected chi connectivity index (χ1v) is 7.40. The molecular formula is C16H27NO4. The average molecular weight is 297 g/mol. The number of aliphatic hydroxyl groups is 1. The van der Waals surface area contributed by atoms with E-state index in [1.165, 1.54) is 5.56 Å². The summed E-state index contributed by atoms with van der Waals surface area (Å²) in [6.45, 7) is 4.04. The first-order chi connectivity index (χ1) is 10.3. The second-order valence-electron chi connectivity index (χ2n) is 4.81. The lowest BCUT2D eigenvalue weighted by atomic mass is 10.2. The molecule has 0 amide bonds.